The molecule has 0 atom stereocenters. The lowest BCUT2D eigenvalue weighted by molar-refractivity contribution is 0.415. The number of hydrogen-bond donors (Lipinski definition) is 0. The fourth-order valence-electron chi connectivity index (χ4n) is 2.76. The van der Waals surface area contributed by atoms with E-state index in [4.69, 9.17) is 6.57 Å². The van der Waals surface area contributed by atoms with Crippen LogP contribution in [0.2, 0.25) is 0 Å². The van der Waals surface area contributed by atoms with Gasteiger partial charge in [-0.3, -0.25) is 0 Å². The van der Waals surface area contributed by atoms with Crippen molar-refractivity contribution >= 4 is 0 Å². The van der Waals surface area contributed by atoms with E-state index in [1.54, 1.807) is 22.0 Å². The fourth-order valence-corrected chi connectivity index (χ4v) is 2.76. The molecule has 0 amide bonds. The second-order valence-electron chi connectivity index (χ2n) is 7.38. The summed E-state index contributed by atoms with van der Waals surface area (Å²) in [7, 11) is 0. The molecule has 0 bridgehead atoms. The van der Waals surface area contributed by atoms with Crippen molar-refractivity contribution in [3.63, 3.8) is 0 Å². The Balaban J connectivity index is 2.27. The Hall–Kier alpha value is -3.52. The third-order valence-corrected chi connectivity index (χ3v) is 4.62. The first-order chi connectivity index (χ1) is 12.8. The Morgan fingerprint density at radius 3 is 2.00 bits per heavy atom. The number of benzene rings is 1. The maximum Gasteiger partial charge on any atom is 0.252 e. The average molecular weight is 360 g/mol. The van der Waals surface area contributed by atoms with Crippen molar-refractivity contribution in [3.8, 4) is 6.07 Å². The molecule has 0 fully saturated rings. The van der Waals surface area contributed by atoms with Crippen molar-refractivity contribution in [1.82, 2.24) is 29.5 Å². The predicted molar refractivity (Wildman–Crippen MR) is 98.3 cm³/mol. The molecule has 2 aromatic heterocycles. The molecule has 0 aliphatic carbocycles. The molecule has 0 N–H and O–H groups in total. The minimum absolute atomic E-state index is 0.426. The zero-order valence-electron chi connectivity index (χ0n) is 15.7. The van der Waals surface area contributed by atoms with Gasteiger partial charge in [0.05, 0.1) is 11.5 Å². The normalized spacial score (nSPS) is 12.0. The molecule has 0 aliphatic heterocycles. The van der Waals surface area contributed by atoms with Crippen LogP contribution < -0.4 is 0 Å². The Labute approximate surface area is 157 Å². The Morgan fingerprint density at radius 1 is 1.00 bits per heavy atom. The highest BCUT2D eigenvalue weighted by Crippen LogP contribution is 2.34. The molecule has 1 aromatic carbocycles. The summed E-state index contributed by atoms with van der Waals surface area (Å²) in [5, 5.41) is 18.2. The maximum absolute atomic E-state index is 9.63. The molecule has 0 saturated heterocycles. The van der Waals surface area contributed by atoms with Crippen LogP contribution in [0, 0.1) is 17.9 Å². The van der Waals surface area contributed by atoms with Crippen molar-refractivity contribution < 1.29 is 0 Å². The summed E-state index contributed by atoms with van der Waals surface area (Å²) in [5.41, 5.74) is 1.07. The first kappa shape index (κ1) is 18.3. The molecule has 3 rings (SSSR count). The monoisotopic (exact) mass is 360 g/mol. The van der Waals surface area contributed by atoms with Crippen LogP contribution in [0.5, 0.6) is 0 Å². The molecule has 0 unspecified atom stereocenters. The van der Waals surface area contributed by atoms with E-state index in [-0.39, 0.29) is 0 Å². The molecule has 8 heteroatoms. The SMILES string of the molecule is [C-]#[N+]C(C)(C)c1cc(C(n2cncn2)n2cncn2)cc(C(C)(C)C#N)c1. The van der Waals surface area contributed by atoms with Gasteiger partial charge in [-0.25, -0.2) is 25.9 Å². The Bertz CT molecular complexity index is 923. The molecular formula is C19H20N8. The summed E-state index contributed by atoms with van der Waals surface area (Å²) >= 11 is 0. The van der Waals surface area contributed by atoms with Crippen LogP contribution >= 0.6 is 0 Å². The summed E-state index contributed by atoms with van der Waals surface area (Å²) < 4.78 is 3.34. The topological polar surface area (TPSA) is 89.6 Å². The van der Waals surface area contributed by atoms with Crippen LogP contribution in [-0.2, 0) is 11.0 Å². The van der Waals surface area contributed by atoms with Gasteiger partial charge in [0.15, 0.2) is 6.17 Å². The van der Waals surface area contributed by atoms with Crippen LogP contribution in [0.4, 0.5) is 0 Å². The summed E-state index contributed by atoms with van der Waals surface area (Å²) in [5.74, 6) is 0. The van der Waals surface area contributed by atoms with Gasteiger partial charge in [0.2, 0.25) is 0 Å². The van der Waals surface area contributed by atoms with E-state index in [0.717, 1.165) is 16.7 Å². The van der Waals surface area contributed by atoms with Gasteiger partial charge in [-0.05, 0) is 37.1 Å². The summed E-state index contributed by atoms with van der Waals surface area (Å²) in [6.07, 6.45) is 5.70. The van der Waals surface area contributed by atoms with Crippen molar-refractivity contribution in [2.75, 3.05) is 0 Å². The van der Waals surface area contributed by atoms with Gasteiger partial charge >= 0.3 is 0 Å². The molecular weight excluding hydrogens is 340 g/mol. The molecule has 2 heterocycles. The maximum atomic E-state index is 9.63. The van der Waals surface area contributed by atoms with E-state index < -0.39 is 17.1 Å². The second-order valence-corrected chi connectivity index (χ2v) is 7.38. The van der Waals surface area contributed by atoms with Gasteiger partial charge in [0.1, 0.15) is 25.3 Å². The van der Waals surface area contributed by atoms with Gasteiger partial charge in [0.25, 0.3) is 5.54 Å². The highest BCUT2D eigenvalue weighted by atomic mass is 15.5. The summed E-state index contributed by atoms with van der Waals surface area (Å²) in [6, 6.07) is 8.20. The lowest BCUT2D eigenvalue weighted by atomic mass is 9.81. The zero-order valence-corrected chi connectivity index (χ0v) is 15.7. The minimum Gasteiger partial charge on any atom is -0.306 e. The first-order valence-electron chi connectivity index (χ1n) is 8.42. The van der Waals surface area contributed by atoms with Gasteiger partial charge in [-0.2, -0.15) is 15.5 Å². The molecule has 0 spiro atoms. The smallest absolute Gasteiger partial charge is 0.252 e. The molecule has 8 nitrogen and oxygen atoms in total. The molecule has 0 aliphatic rings. The molecule has 0 radical (unpaired) electrons. The minimum atomic E-state index is -0.731. The second kappa shape index (κ2) is 6.65. The van der Waals surface area contributed by atoms with Crippen LogP contribution in [-0.4, -0.2) is 29.5 Å². The number of hydrogen-bond acceptors (Lipinski definition) is 5. The third-order valence-electron chi connectivity index (χ3n) is 4.62. The van der Waals surface area contributed by atoms with Gasteiger partial charge in [-0.15, -0.1) is 0 Å². The predicted octanol–water partition coefficient (Wildman–Crippen LogP) is 2.92. The van der Waals surface area contributed by atoms with Gasteiger partial charge < -0.3 is 4.85 Å². The lowest BCUT2D eigenvalue weighted by Crippen LogP contribution is -2.24. The zero-order chi connectivity index (χ0) is 19.7. The van der Waals surface area contributed by atoms with Crippen LogP contribution in [0.15, 0.2) is 43.5 Å². The van der Waals surface area contributed by atoms with Crippen molar-refractivity contribution in [2.24, 2.45) is 0 Å². The number of aromatic nitrogens is 6. The number of rotatable bonds is 5. The lowest BCUT2D eigenvalue weighted by Gasteiger charge is -2.24. The quantitative estimate of drug-likeness (QED) is 0.653. The van der Waals surface area contributed by atoms with Gasteiger partial charge in [0, 0.05) is 19.4 Å². The van der Waals surface area contributed by atoms with E-state index in [1.807, 2.05) is 45.9 Å². The van der Waals surface area contributed by atoms with E-state index in [2.05, 4.69) is 31.1 Å². The summed E-state index contributed by atoms with van der Waals surface area (Å²) in [4.78, 5) is 11.8. The van der Waals surface area contributed by atoms with Crippen molar-refractivity contribution in [2.45, 2.75) is 44.8 Å². The Morgan fingerprint density at radius 2 is 1.56 bits per heavy atom. The molecule has 27 heavy (non-hydrogen) atoms. The van der Waals surface area contributed by atoms with E-state index >= 15 is 0 Å². The molecule has 136 valence electrons. The highest BCUT2D eigenvalue weighted by molar-refractivity contribution is 5.42. The molecule has 3 aromatic rings. The van der Waals surface area contributed by atoms with E-state index in [9.17, 15) is 5.26 Å². The van der Waals surface area contributed by atoms with Gasteiger partial charge in [-0.1, -0.05) is 6.07 Å². The first-order valence-corrected chi connectivity index (χ1v) is 8.42. The number of nitriles is 1. The van der Waals surface area contributed by atoms with E-state index in [0.29, 0.717) is 0 Å². The Kier molecular flexibility index (Phi) is 4.50. The van der Waals surface area contributed by atoms with Crippen LogP contribution in [0.3, 0.4) is 0 Å². The third kappa shape index (κ3) is 3.42. The van der Waals surface area contributed by atoms with Crippen LogP contribution in [0.1, 0.15) is 50.6 Å². The van der Waals surface area contributed by atoms with E-state index in [1.165, 1.54) is 12.7 Å². The highest BCUT2D eigenvalue weighted by Gasteiger charge is 2.31. The number of nitrogens with zero attached hydrogens (tertiary/aromatic N) is 8. The molecule has 0 saturated carbocycles. The average Bonchev–Trinajstić information content (AvgIpc) is 3.36. The fraction of sp³-hybridized carbons (Fsp3) is 0.368. The standard InChI is InChI=1S/C19H20N8/c1-18(2,9-20)15-6-14(7-16(8-15)19(3,4)21-5)17(26-12-22-10-24-26)27-13-23-11-25-27/h6-8,10-13,17H,1-4H3. The largest absolute Gasteiger partial charge is 0.306 e. The summed E-state index contributed by atoms with van der Waals surface area (Å²) in [6.45, 7) is 15.0. The van der Waals surface area contributed by atoms with Crippen molar-refractivity contribution in [1.29, 1.82) is 5.26 Å². The van der Waals surface area contributed by atoms with Crippen LogP contribution in [0.25, 0.3) is 4.85 Å². The van der Waals surface area contributed by atoms with Crippen molar-refractivity contribution in [3.05, 3.63) is 71.6 Å².